The van der Waals surface area contributed by atoms with Crippen LogP contribution in [0.25, 0.3) is 0 Å². The maximum Gasteiger partial charge on any atom is 0.379 e. The number of aryl methyl sites for hydroxylation is 1. The average molecular weight is 257 g/mol. The molecule has 0 N–H and O–H groups in total. The van der Waals surface area contributed by atoms with E-state index in [4.69, 9.17) is 16.3 Å². The van der Waals surface area contributed by atoms with Crippen LogP contribution in [0, 0.1) is 6.92 Å². The molecule has 17 heavy (non-hydrogen) atoms. The second-order valence-corrected chi connectivity index (χ2v) is 3.76. The molecule has 0 radical (unpaired) electrons. The molecule has 0 fully saturated rings. The van der Waals surface area contributed by atoms with E-state index in [9.17, 15) is 9.59 Å². The van der Waals surface area contributed by atoms with Crippen molar-refractivity contribution in [3.05, 3.63) is 28.3 Å². The van der Waals surface area contributed by atoms with Crippen molar-refractivity contribution in [2.24, 2.45) is 0 Å². The summed E-state index contributed by atoms with van der Waals surface area (Å²) in [4.78, 5) is 23.0. The van der Waals surface area contributed by atoms with Gasteiger partial charge >= 0.3 is 5.97 Å². The standard InChI is InChI=1S/C12H13ClO4/c1-4-17-12(15)11(14)8-5-7(2)10(16-3)6-9(8)13/h5-6H,4H2,1-3H3. The number of hydrogen-bond acceptors (Lipinski definition) is 4. The molecule has 1 aromatic rings. The normalized spacial score (nSPS) is 9.88. The van der Waals surface area contributed by atoms with E-state index >= 15 is 0 Å². The van der Waals surface area contributed by atoms with Crippen molar-refractivity contribution in [2.75, 3.05) is 13.7 Å². The summed E-state index contributed by atoms with van der Waals surface area (Å²) in [7, 11) is 1.51. The predicted molar refractivity (Wildman–Crippen MR) is 63.7 cm³/mol. The van der Waals surface area contributed by atoms with Crippen LogP contribution in [0.2, 0.25) is 5.02 Å². The second kappa shape index (κ2) is 5.68. The van der Waals surface area contributed by atoms with Gasteiger partial charge in [0.2, 0.25) is 0 Å². The van der Waals surface area contributed by atoms with E-state index in [-0.39, 0.29) is 17.2 Å². The number of Topliss-reactive ketones (excluding diaryl/α,β-unsaturated/α-hetero) is 1. The number of methoxy groups -OCH3 is 1. The van der Waals surface area contributed by atoms with Crippen LogP contribution in [0.1, 0.15) is 22.8 Å². The molecular weight excluding hydrogens is 244 g/mol. The van der Waals surface area contributed by atoms with E-state index in [2.05, 4.69) is 4.74 Å². The van der Waals surface area contributed by atoms with Crippen molar-refractivity contribution in [2.45, 2.75) is 13.8 Å². The number of carbonyl (C=O) groups excluding carboxylic acids is 2. The van der Waals surface area contributed by atoms with Crippen LogP contribution in [0.5, 0.6) is 5.75 Å². The van der Waals surface area contributed by atoms with E-state index < -0.39 is 11.8 Å². The third kappa shape index (κ3) is 2.97. The van der Waals surface area contributed by atoms with E-state index in [1.165, 1.54) is 19.2 Å². The van der Waals surface area contributed by atoms with E-state index in [0.29, 0.717) is 5.75 Å². The van der Waals surface area contributed by atoms with Crippen LogP contribution >= 0.6 is 11.6 Å². The van der Waals surface area contributed by atoms with Gasteiger partial charge in [0.15, 0.2) is 0 Å². The molecule has 92 valence electrons. The summed E-state index contributed by atoms with van der Waals surface area (Å²) in [5, 5.41) is 0.172. The molecule has 0 saturated carbocycles. The first-order valence-corrected chi connectivity index (χ1v) is 5.44. The van der Waals surface area contributed by atoms with Crippen molar-refractivity contribution in [3.8, 4) is 5.75 Å². The Kier molecular flexibility index (Phi) is 4.52. The summed E-state index contributed by atoms with van der Waals surface area (Å²) >= 11 is 5.91. The van der Waals surface area contributed by atoms with Gasteiger partial charge in [0.1, 0.15) is 5.75 Å². The highest BCUT2D eigenvalue weighted by Crippen LogP contribution is 2.27. The summed E-state index contributed by atoms with van der Waals surface area (Å²) in [6.45, 7) is 3.54. The van der Waals surface area contributed by atoms with Crippen LogP contribution in [-0.2, 0) is 9.53 Å². The Morgan fingerprint density at radius 1 is 1.35 bits per heavy atom. The maximum atomic E-state index is 11.7. The molecule has 0 aromatic heterocycles. The SMILES string of the molecule is CCOC(=O)C(=O)c1cc(C)c(OC)cc1Cl. The lowest BCUT2D eigenvalue weighted by Crippen LogP contribution is -2.18. The first-order chi connectivity index (χ1) is 8.01. The lowest BCUT2D eigenvalue weighted by atomic mass is 10.1. The minimum absolute atomic E-state index is 0.128. The lowest BCUT2D eigenvalue weighted by Gasteiger charge is -2.08. The number of hydrogen-bond donors (Lipinski definition) is 0. The van der Waals surface area contributed by atoms with Gasteiger partial charge in [-0.15, -0.1) is 0 Å². The van der Waals surface area contributed by atoms with Gasteiger partial charge in [-0.2, -0.15) is 0 Å². The number of esters is 1. The zero-order valence-corrected chi connectivity index (χ0v) is 10.6. The Hall–Kier alpha value is -1.55. The fourth-order valence-corrected chi connectivity index (χ4v) is 1.60. The molecule has 0 aliphatic rings. The van der Waals surface area contributed by atoms with Crippen LogP contribution < -0.4 is 4.74 Å². The Labute approximate surface area is 104 Å². The first kappa shape index (κ1) is 13.5. The third-order valence-corrected chi connectivity index (χ3v) is 2.50. The summed E-state index contributed by atoms with van der Waals surface area (Å²) < 4.78 is 9.69. The van der Waals surface area contributed by atoms with Crippen molar-refractivity contribution in [1.29, 1.82) is 0 Å². The quantitative estimate of drug-likeness (QED) is 0.472. The van der Waals surface area contributed by atoms with E-state index in [0.717, 1.165) is 5.56 Å². The topological polar surface area (TPSA) is 52.6 Å². The summed E-state index contributed by atoms with van der Waals surface area (Å²) in [6, 6.07) is 3.02. The minimum Gasteiger partial charge on any atom is -0.496 e. The predicted octanol–water partition coefficient (Wildman–Crippen LogP) is 2.40. The molecule has 0 aliphatic heterocycles. The fourth-order valence-electron chi connectivity index (χ4n) is 1.36. The monoisotopic (exact) mass is 256 g/mol. The Bertz CT molecular complexity index is 454. The molecule has 1 rings (SSSR count). The van der Waals surface area contributed by atoms with Gasteiger partial charge in [-0.3, -0.25) is 4.79 Å². The molecule has 0 spiro atoms. The highest BCUT2D eigenvalue weighted by atomic mass is 35.5. The van der Waals surface area contributed by atoms with E-state index in [1.54, 1.807) is 13.8 Å². The van der Waals surface area contributed by atoms with Crippen LogP contribution in [0.4, 0.5) is 0 Å². The number of rotatable bonds is 4. The third-order valence-electron chi connectivity index (χ3n) is 2.19. The number of ether oxygens (including phenoxy) is 2. The van der Waals surface area contributed by atoms with Gasteiger partial charge in [-0.05, 0) is 31.5 Å². The minimum atomic E-state index is -0.904. The molecule has 0 bridgehead atoms. The largest absolute Gasteiger partial charge is 0.496 e. The first-order valence-electron chi connectivity index (χ1n) is 5.06. The molecular formula is C12H13ClO4. The molecule has 0 aliphatic carbocycles. The van der Waals surface area contributed by atoms with Crippen molar-refractivity contribution in [1.82, 2.24) is 0 Å². The Balaban J connectivity index is 3.11. The summed E-state index contributed by atoms with van der Waals surface area (Å²) in [6.07, 6.45) is 0. The summed E-state index contributed by atoms with van der Waals surface area (Å²) in [5.41, 5.74) is 0.855. The number of halogens is 1. The molecule has 4 nitrogen and oxygen atoms in total. The van der Waals surface area contributed by atoms with E-state index in [1.807, 2.05) is 0 Å². The summed E-state index contributed by atoms with van der Waals surface area (Å²) in [5.74, 6) is -1.09. The van der Waals surface area contributed by atoms with Gasteiger partial charge in [-0.25, -0.2) is 4.79 Å². The fraction of sp³-hybridized carbons (Fsp3) is 0.333. The highest BCUT2D eigenvalue weighted by Gasteiger charge is 2.21. The van der Waals surface area contributed by atoms with Crippen LogP contribution in [0.15, 0.2) is 12.1 Å². The van der Waals surface area contributed by atoms with Crippen LogP contribution in [0.3, 0.4) is 0 Å². The molecule has 0 amide bonds. The lowest BCUT2D eigenvalue weighted by molar-refractivity contribution is -0.137. The zero-order chi connectivity index (χ0) is 13.0. The maximum absolute atomic E-state index is 11.7. The molecule has 0 heterocycles. The smallest absolute Gasteiger partial charge is 0.379 e. The molecule has 0 unspecified atom stereocenters. The van der Waals surface area contributed by atoms with Gasteiger partial charge in [0.25, 0.3) is 5.78 Å². The van der Waals surface area contributed by atoms with Crippen LogP contribution in [-0.4, -0.2) is 25.5 Å². The number of carbonyl (C=O) groups is 2. The van der Waals surface area contributed by atoms with Gasteiger partial charge in [0.05, 0.1) is 18.7 Å². The molecule has 1 aromatic carbocycles. The number of benzene rings is 1. The molecule has 0 saturated heterocycles. The second-order valence-electron chi connectivity index (χ2n) is 3.35. The molecule has 0 atom stereocenters. The Morgan fingerprint density at radius 2 is 2.00 bits per heavy atom. The van der Waals surface area contributed by atoms with Crippen molar-refractivity contribution < 1.29 is 19.1 Å². The van der Waals surface area contributed by atoms with Crippen molar-refractivity contribution in [3.63, 3.8) is 0 Å². The number of ketones is 1. The van der Waals surface area contributed by atoms with Gasteiger partial charge < -0.3 is 9.47 Å². The molecule has 5 heteroatoms. The van der Waals surface area contributed by atoms with Gasteiger partial charge in [-0.1, -0.05) is 11.6 Å². The average Bonchev–Trinajstić information content (AvgIpc) is 2.31. The Morgan fingerprint density at radius 3 is 2.53 bits per heavy atom. The highest BCUT2D eigenvalue weighted by molar-refractivity contribution is 6.45. The zero-order valence-electron chi connectivity index (χ0n) is 9.87. The van der Waals surface area contributed by atoms with Crippen molar-refractivity contribution >= 4 is 23.4 Å². The van der Waals surface area contributed by atoms with Gasteiger partial charge in [0, 0.05) is 5.56 Å².